The third-order valence-electron chi connectivity index (χ3n) is 3.36. The molecule has 1 fully saturated rings. The van der Waals surface area contributed by atoms with Gasteiger partial charge < -0.3 is 10.0 Å². The molecule has 17 heavy (non-hydrogen) atoms. The van der Waals surface area contributed by atoms with Crippen LogP contribution in [0.4, 0.5) is 5.82 Å². The Kier molecular flexibility index (Phi) is 3.26. The van der Waals surface area contributed by atoms with E-state index in [4.69, 9.17) is 5.11 Å². The van der Waals surface area contributed by atoms with Crippen molar-refractivity contribution in [2.24, 2.45) is 11.8 Å². The van der Waals surface area contributed by atoms with E-state index in [1.807, 2.05) is 0 Å². The molecule has 0 spiro atoms. The maximum Gasteiger partial charge on any atom is 0.356 e. The lowest BCUT2D eigenvalue weighted by molar-refractivity contribution is 0.0689. The highest BCUT2D eigenvalue weighted by molar-refractivity contribution is 5.85. The summed E-state index contributed by atoms with van der Waals surface area (Å²) in [6.45, 7) is 6.42. The highest BCUT2D eigenvalue weighted by atomic mass is 16.4. The van der Waals surface area contributed by atoms with Gasteiger partial charge in [-0.1, -0.05) is 13.8 Å². The summed E-state index contributed by atoms with van der Waals surface area (Å²) in [6, 6.07) is 3.24. The number of aromatic nitrogens is 2. The standard InChI is InChI=1S/C12H17N3O2/c1-8(2)9-5-6-15(7-9)11-4-3-10(12(16)17)13-14-11/h3-4,8-9H,5-7H2,1-2H3,(H,16,17). The summed E-state index contributed by atoms with van der Waals surface area (Å²) in [5, 5.41) is 16.4. The number of hydrogen-bond acceptors (Lipinski definition) is 4. The lowest BCUT2D eigenvalue weighted by Crippen LogP contribution is -2.22. The number of rotatable bonds is 3. The molecular weight excluding hydrogens is 218 g/mol. The zero-order valence-corrected chi connectivity index (χ0v) is 10.1. The Morgan fingerprint density at radius 1 is 1.47 bits per heavy atom. The SMILES string of the molecule is CC(C)C1CCN(c2ccc(C(=O)O)nn2)C1. The van der Waals surface area contributed by atoms with Crippen LogP contribution in [0.2, 0.25) is 0 Å². The van der Waals surface area contributed by atoms with Crippen molar-refractivity contribution >= 4 is 11.8 Å². The van der Waals surface area contributed by atoms with Gasteiger partial charge in [0.15, 0.2) is 11.5 Å². The van der Waals surface area contributed by atoms with E-state index in [0.717, 1.165) is 18.9 Å². The van der Waals surface area contributed by atoms with Crippen LogP contribution in [-0.4, -0.2) is 34.4 Å². The normalized spacial score (nSPS) is 19.9. The zero-order chi connectivity index (χ0) is 12.4. The molecule has 2 rings (SSSR count). The maximum atomic E-state index is 10.7. The summed E-state index contributed by atoms with van der Waals surface area (Å²) in [5.74, 6) is 1.10. The first kappa shape index (κ1) is 11.8. The van der Waals surface area contributed by atoms with Crippen molar-refractivity contribution in [2.45, 2.75) is 20.3 Å². The van der Waals surface area contributed by atoms with Gasteiger partial charge in [0.2, 0.25) is 0 Å². The Hall–Kier alpha value is -1.65. The van der Waals surface area contributed by atoms with Crippen LogP contribution < -0.4 is 4.90 Å². The second-order valence-electron chi connectivity index (χ2n) is 4.82. The zero-order valence-electron chi connectivity index (χ0n) is 10.1. The number of nitrogens with zero attached hydrogens (tertiary/aromatic N) is 3. The molecule has 1 atom stereocenters. The molecule has 1 saturated heterocycles. The maximum absolute atomic E-state index is 10.7. The van der Waals surface area contributed by atoms with Gasteiger partial charge in [-0.15, -0.1) is 10.2 Å². The van der Waals surface area contributed by atoms with Crippen molar-refractivity contribution in [1.82, 2.24) is 10.2 Å². The van der Waals surface area contributed by atoms with Crippen molar-refractivity contribution in [3.8, 4) is 0 Å². The fourth-order valence-corrected chi connectivity index (χ4v) is 2.15. The Bertz CT molecular complexity index is 403. The van der Waals surface area contributed by atoms with Crippen molar-refractivity contribution < 1.29 is 9.90 Å². The second-order valence-corrected chi connectivity index (χ2v) is 4.82. The number of anilines is 1. The fraction of sp³-hybridized carbons (Fsp3) is 0.583. The van der Waals surface area contributed by atoms with Crippen molar-refractivity contribution in [1.29, 1.82) is 0 Å². The number of carbonyl (C=O) groups is 1. The molecule has 1 aromatic heterocycles. The number of aromatic carboxylic acids is 1. The molecule has 0 saturated carbocycles. The van der Waals surface area contributed by atoms with Gasteiger partial charge in [-0.2, -0.15) is 0 Å². The Morgan fingerprint density at radius 2 is 2.24 bits per heavy atom. The van der Waals surface area contributed by atoms with Gasteiger partial charge in [-0.25, -0.2) is 4.79 Å². The highest BCUT2D eigenvalue weighted by Gasteiger charge is 2.25. The average Bonchev–Trinajstić information content (AvgIpc) is 2.78. The van der Waals surface area contributed by atoms with E-state index < -0.39 is 5.97 Å². The lowest BCUT2D eigenvalue weighted by Gasteiger charge is -2.18. The Morgan fingerprint density at radius 3 is 2.71 bits per heavy atom. The molecular formula is C12H17N3O2. The smallest absolute Gasteiger partial charge is 0.356 e. The van der Waals surface area contributed by atoms with E-state index in [9.17, 15) is 4.79 Å². The van der Waals surface area contributed by atoms with Gasteiger partial charge in [-0.05, 0) is 30.4 Å². The molecule has 1 unspecified atom stereocenters. The van der Waals surface area contributed by atoms with Crippen LogP contribution in [0.5, 0.6) is 0 Å². The second kappa shape index (κ2) is 4.69. The molecule has 0 aliphatic carbocycles. The van der Waals surface area contributed by atoms with E-state index in [1.165, 1.54) is 12.5 Å². The van der Waals surface area contributed by atoms with Crippen LogP contribution in [0, 0.1) is 11.8 Å². The van der Waals surface area contributed by atoms with Gasteiger partial charge in [0.25, 0.3) is 0 Å². The van der Waals surface area contributed by atoms with Gasteiger partial charge in [-0.3, -0.25) is 0 Å². The third-order valence-corrected chi connectivity index (χ3v) is 3.36. The summed E-state index contributed by atoms with van der Waals surface area (Å²) in [5.41, 5.74) is -0.00615. The fourth-order valence-electron chi connectivity index (χ4n) is 2.15. The number of carboxylic acid groups (broad SMARTS) is 1. The molecule has 1 aliphatic rings. The minimum absolute atomic E-state index is 0.00615. The molecule has 0 aromatic carbocycles. The van der Waals surface area contributed by atoms with E-state index in [2.05, 4.69) is 28.9 Å². The highest BCUT2D eigenvalue weighted by Crippen LogP contribution is 2.26. The first-order valence-electron chi connectivity index (χ1n) is 5.90. The van der Waals surface area contributed by atoms with E-state index >= 15 is 0 Å². The summed E-state index contributed by atoms with van der Waals surface area (Å²) in [7, 11) is 0. The van der Waals surface area contributed by atoms with Crippen LogP contribution in [-0.2, 0) is 0 Å². The topological polar surface area (TPSA) is 66.3 Å². The minimum atomic E-state index is -1.04. The molecule has 0 bridgehead atoms. The summed E-state index contributed by atoms with van der Waals surface area (Å²) < 4.78 is 0. The quantitative estimate of drug-likeness (QED) is 0.863. The van der Waals surface area contributed by atoms with Crippen LogP contribution in [0.25, 0.3) is 0 Å². The van der Waals surface area contributed by atoms with Gasteiger partial charge in [0.1, 0.15) is 0 Å². The van der Waals surface area contributed by atoms with Crippen LogP contribution in [0.3, 0.4) is 0 Å². The van der Waals surface area contributed by atoms with Crippen LogP contribution in [0.1, 0.15) is 30.8 Å². The van der Waals surface area contributed by atoms with E-state index in [0.29, 0.717) is 11.8 Å². The first-order chi connectivity index (χ1) is 8.08. The number of hydrogen-bond donors (Lipinski definition) is 1. The van der Waals surface area contributed by atoms with Gasteiger partial charge in [0.05, 0.1) is 0 Å². The summed E-state index contributed by atoms with van der Waals surface area (Å²) in [6.07, 6.45) is 1.17. The largest absolute Gasteiger partial charge is 0.476 e. The number of carboxylic acids is 1. The lowest BCUT2D eigenvalue weighted by atomic mass is 9.95. The Balaban J connectivity index is 2.06. The van der Waals surface area contributed by atoms with Gasteiger partial charge in [0, 0.05) is 13.1 Å². The van der Waals surface area contributed by atoms with E-state index in [1.54, 1.807) is 6.07 Å². The monoisotopic (exact) mass is 235 g/mol. The van der Waals surface area contributed by atoms with E-state index in [-0.39, 0.29) is 5.69 Å². The van der Waals surface area contributed by atoms with Crippen molar-refractivity contribution in [3.05, 3.63) is 17.8 Å². The molecule has 1 aliphatic heterocycles. The summed E-state index contributed by atoms with van der Waals surface area (Å²) in [4.78, 5) is 12.8. The molecule has 0 amide bonds. The van der Waals surface area contributed by atoms with Crippen molar-refractivity contribution in [2.75, 3.05) is 18.0 Å². The Labute approximate surface area is 100 Å². The molecule has 92 valence electrons. The van der Waals surface area contributed by atoms with Crippen LogP contribution in [0.15, 0.2) is 12.1 Å². The molecule has 0 radical (unpaired) electrons. The molecule has 2 heterocycles. The predicted octanol–water partition coefficient (Wildman–Crippen LogP) is 1.66. The molecule has 5 nitrogen and oxygen atoms in total. The minimum Gasteiger partial charge on any atom is -0.476 e. The molecule has 5 heteroatoms. The molecule has 1 aromatic rings. The molecule has 1 N–H and O–H groups in total. The van der Waals surface area contributed by atoms with Gasteiger partial charge >= 0.3 is 5.97 Å². The first-order valence-corrected chi connectivity index (χ1v) is 5.90. The third kappa shape index (κ3) is 2.54. The average molecular weight is 235 g/mol. The summed E-state index contributed by atoms with van der Waals surface area (Å²) >= 11 is 0. The predicted molar refractivity (Wildman–Crippen MR) is 64.1 cm³/mol. The van der Waals surface area contributed by atoms with Crippen molar-refractivity contribution in [3.63, 3.8) is 0 Å². The van der Waals surface area contributed by atoms with Crippen LogP contribution >= 0.6 is 0 Å².